The van der Waals surface area contributed by atoms with Gasteiger partial charge in [0.1, 0.15) is 17.3 Å². The number of nitrogens with zero attached hydrogens (tertiary/aromatic N) is 5. The van der Waals surface area contributed by atoms with Crippen molar-refractivity contribution in [2.24, 2.45) is 7.05 Å². The van der Waals surface area contributed by atoms with Crippen LogP contribution in [0.3, 0.4) is 0 Å². The summed E-state index contributed by atoms with van der Waals surface area (Å²) in [7, 11) is 1.53. The molecule has 0 saturated carbocycles. The molecule has 38 heavy (non-hydrogen) atoms. The van der Waals surface area contributed by atoms with Gasteiger partial charge in [0, 0.05) is 38.4 Å². The number of allylic oxidation sites excluding steroid dienone is 1. The number of aliphatic hydroxyl groups is 1. The molecule has 3 aliphatic heterocycles. The topological polar surface area (TPSA) is 99.7 Å². The number of aryl methyl sites for hydroxylation is 1. The highest BCUT2D eigenvalue weighted by Gasteiger charge is 2.34. The third kappa shape index (κ3) is 6.47. The number of rotatable bonds is 5. The van der Waals surface area contributed by atoms with Crippen molar-refractivity contribution in [1.29, 1.82) is 0 Å². The zero-order valence-corrected chi connectivity index (χ0v) is 22.4. The van der Waals surface area contributed by atoms with E-state index in [1.807, 2.05) is 26.0 Å². The molecule has 0 aromatic carbocycles. The van der Waals surface area contributed by atoms with Crippen molar-refractivity contribution < 1.29 is 23.1 Å². The minimum Gasteiger partial charge on any atom is -0.510 e. The number of piperidine rings is 2. The Bertz CT molecular complexity index is 1260. The molecule has 1 amide bonds. The number of hydrogen-bond donors (Lipinski definition) is 3. The number of hydrogen-bond acceptors (Lipinski definition) is 6. The molecule has 3 aromatic heterocycles. The van der Waals surface area contributed by atoms with E-state index in [0.29, 0.717) is 12.1 Å². The third-order valence-electron chi connectivity index (χ3n) is 6.36. The molecule has 3 N–H and O–H groups in total. The maximum atomic E-state index is 13.2. The molecule has 3 aliphatic rings. The van der Waals surface area contributed by atoms with E-state index >= 15 is 0 Å². The van der Waals surface area contributed by atoms with Crippen LogP contribution in [0.25, 0.3) is 5.52 Å². The number of anilines is 2. The summed E-state index contributed by atoms with van der Waals surface area (Å²) in [5, 5.41) is 22.8. The van der Waals surface area contributed by atoms with E-state index in [2.05, 4.69) is 32.3 Å². The van der Waals surface area contributed by atoms with Crippen LogP contribution in [0.2, 0.25) is 0 Å². The number of aromatic nitrogens is 4. The van der Waals surface area contributed by atoms with Crippen molar-refractivity contribution >= 4 is 22.9 Å². The number of amides is 1. The van der Waals surface area contributed by atoms with Gasteiger partial charge in [0.25, 0.3) is 12.3 Å². The quantitative estimate of drug-likeness (QED) is 0.397. The molecule has 0 aliphatic carbocycles. The summed E-state index contributed by atoms with van der Waals surface area (Å²) in [5.74, 6) is -0.118. The van der Waals surface area contributed by atoms with Crippen LogP contribution in [0, 0.1) is 0 Å². The Kier molecular flexibility index (Phi) is 9.08. The molecular formula is C26H36F3N7O2. The van der Waals surface area contributed by atoms with Crippen molar-refractivity contribution in [3.63, 3.8) is 0 Å². The molecule has 3 saturated heterocycles. The molecule has 2 unspecified atom stereocenters. The summed E-state index contributed by atoms with van der Waals surface area (Å²) in [5.41, 5.74) is -1.05. The van der Waals surface area contributed by atoms with Crippen LogP contribution in [0.1, 0.15) is 63.1 Å². The minimum absolute atomic E-state index is 0.00183. The van der Waals surface area contributed by atoms with E-state index in [1.54, 1.807) is 16.6 Å². The second-order valence-corrected chi connectivity index (χ2v) is 9.51. The van der Waals surface area contributed by atoms with Crippen LogP contribution in [-0.4, -0.2) is 61.3 Å². The average Bonchev–Trinajstić information content (AvgIpc) is 3.48. The lowest BCUT2D eigenvalue weighted by Gasteiger charge is -2.46. The number of halogens is 3. The molecule has 2 bridgehead atoms. The number of aliphatic hydroxyl groups excluding tert-OH is 1. The van der Waals surface area contributed by atoms with Crippen LogP contribution in [0.15, 0.2) is 42.8 Å². The SMILES string of the molecule is C=C(O)C(C)(C)F.CC.Cn1cc(NC(=O)c2ccc3ccc(N4CC5CCC4CN5)nn23)c(C(F)F)n1. The Morgan fingerprint density at radius 1 is 1.21 bits per heavy atom. The number of piperazine rings is 1. The fourth-order valence-electron chi connectivity index (χ4n) is 4.24. The third-order valence-corrected chi connectivity index (χ3v) is 6.36. The molecule has 208 valence electrons. The maximum Gasteiger partial charge on any atom is 0.284 e. The Morgan fingerprint density at radius 3 is 2.39 bits per heavy atom. The molecule has 2 atom stereocenters. The highest BCUT2D eigenvalue weighted by atomic mass is 19.3. The van der Waals surface area contributed by atoms with Crippen molar-refractivity contribution in [2.45, 2.75) is 64.7 Å². The van der Waals surface area contributed by atoms with E-state index in [4.69, 9.17) is 5.11 Å². The highest BCUT2D eigenvalue weighted by molar-refractivity contribution is 6.04. The van der Waals surface area contributed by atoms with Crippen molar-refractivity contribution in [2.75, 3.05) is 23.3 Å². The van der Waals surface area contributed by atoms with E-state index in [9.17, 15) is 18.0 Å². The summed E-state index contributed by atoms with van der Waals surface area (Å²) < 4.78 is 41.3. The van der Waals surface area contributed by atoms with Gasteiger partial charge in [0.15, 0.2) is 11.4 Å². The van der Waals surface area contributed by atoms with Gasteiger partial charge in [-0.05, 0) is 51.0 Å². The van der Waals surface area contributed by atoms with Gasteiger partial charge in [-0.15, -0.1) is 5.10 Å². The summed E-state index contributed by atoms with van der Waals surface area (Å²) in [4.78, 5) is 15.1. The lowest BCUT2D eigenvalue weighted by atomic mass is 9.93. The summed E-state index contributed by atoms with van der Waals surface area (Å²) in [6.45, 7) is 11.3. The van der Waals surface area contributed by atoms with Crippen LogP contribution in [0.4, 0.5) is 24.7 Å². The predicted octanol–water partition coefficient (Wildman–Crippen LogP) is 5.03. The Hall–Kier alpha value is -3.54. The van der Waals surface area contributed by atoms with Gasteiger partial charge in [-0.2, -0.15) is 5.10 Å². The Balaban J connectivity index is 0.000000389. The van der Waals surface area contributed by atoms with Gasteiger partial charge in [0.2, 0.25) is 0 Å². The second kappa shape index (κ2) is 11.9. The molecule has 3 aromatic rings. The Labute approximate surface area is 220 Å². The van der Waals surface area contributed by atoms with Gasteiger partial charge in [-0.1, -0.05) is 20.4 Å². The van der Waals surface area contributed by atoms with E-state index in [0.717, 1.165) is 37.3 Å². The molecule has 9 nitrogen and oxygen atoms in total. The predicted molar refractivity (Wildman–Crippen MR) is 142 cm³/mol. The molecule has 6 rings (SSSR count). The molecule has 3 fully saturated rings. The number of alkyl halides is 3. The number of fused-ring (bicyclic) bond motifs is 4. The molecular weight excluding hydrogens is 499 g/mol. The zero-order valence-electron chi connectivity index (χ0n) is 22.4. The zero-order chi connectivity index (χ0) is 28.2. The number of carbonyl (C=O) groups excluding carboxylic acids is 1. The molecule has 0 radical (unpaired) electrons. The van der Waals surface area contributed by atoms with Crippen LogP contribution in [-0.2, 0) is 7.05 Å². The largest absolute Gasteiger partial charge is 0.510 e. The number of nitrogens with one attached hydrogen (secondary N) is 2. The lowest BCUT2D eigenvalue weighted by molar-refractivity contribution is 0.101. The van der Waals surface area contributed by atoms with E-state index in [-0.39, 0.29) is 11.4 Å². The highest BCUT2D eigenvalue weighted by Crippen LogP contribution is 2.28. The smallest absolute Gasteiger partial charge is 0.284 e. The number of carbonyl (C=O) groups is 1. The van der Waals surface area contributed by atoms with Gasteiger partial charge in [-0.3, -0.25) is 9.48 Å². The summed E-state index contributed by atoms with van der Waals surface area (Å²) in [6, 6.07) is 8.17. The van der Waals surface area contributed by atoms with Gasteiger partial charge in [0.05, 0.1) is 11.2 Å². The monoisotopic (exact) mass is 535 g/mol. The van der Waals surface area contributed by atoms with Gasteiger partial charge >= 0.3 is 0 Å². The van der Waals surface area contributed by atoms with Crippen LogP contribution >= 0.6 is 0 Å². The second-order valence-electron chi connectivity index (χ2n) is 9.51. The molecule has 12 heteroatoms. The minimum atomic E-state index is -2.77. The lowest BCUT2D eigenvalue weighted by Crippen LogP contribution is -2.61. The fourth-order valence-corrected chi connectivity index (χ4v) is 4.24. The first kappa shape index (κ1) is 29.0. The van der Waals surface area contributed by atoms with Gasteiger partial charge in [-0.25, -0.2) is 17.7 Å². The van der Waals surface area contributed by atoms with Crippen LogP contribution in [0.5, 0.6) is 0 Å². The van der Waals surface area contributed by atoms with Crippen molar-refractivity contribution in [1.82, 2.24) is 24.7 Å². The van der Waals surface area contributed by atoms with E-state index in [1.165, 1.54) is 31.8 Å². The Morgan fingerprint density at radius 2 is 1.87 bits per heavy atom. The average molecular weight is 536 g/mol. The summed E-state index contributed by atoms with van der Waals surface area (Å²) >= 11 is 0. The van der Waals surface area contributed by atoms with Crippen LogP contribution < -0.4 is 15.5 Å². The van der Waals surface area contributed by atoms with E-state index < -0.39 is 29.5 Å². The normalized spacial score (nSPS) is 18.5. The first-order chi connectivity index (χ1) is 17.9. The first-order valence-corrected chi connectivity index (χ1v) is 12.6. The van der Waals surface area contributed by atoms with Crippen molar-refractivity contribution in [3.05, 3.63) is 54.2 Å². The first-order valence-electron chi connectivity index (χ1n) is 12.6. The van der Waals surface area contributed by atoms with Crippen molar-refractivity contribution in [3.8, 4) is 0 Å². The summed E-state index contributed by atoms with van der Waals surface area (Å²) in [6.07, 6.45) is 0.876. The molecule has 6 heterocycles. The van der Waals surface area contributed by atoms with Gasteiger partial charge < -0.3 is 20.6 Å². The standard InChI is InChI=1S/C19H21F2N7O.C5H9FO.C2H6/c1-26-10-14(17(25-26)18(20)21)23-19(29)15-6-4-12-5-7-16(24-28(12)15)27-9-11-2-3-13(27)8-22-11;1-4(7)5(2,3)6;1-2/h4-7,10-11,13,18,22H,2-3,8-9H2,1H3,(H,23,29);7H,1H2,2-3H3;1-2H3. The molecule has 0 spiro atoms. The maximum absolute atomic E-state index is 13.2. The fraction of sp³-hybridized carbons (Fsp3) is 0.500.